The number of methoxy groups -OCH3 is 4. The highest BCUT2D eigenvalue weighted by Gasteiger charge is 2.07. The minimum atomic E-state index is 0.669. The van der Waals surface area contributed by atoms with Gasteiger partial charge in [-0.15, -0.1) is 0 Å². The largest absolute Gasteiger partial charge is 0.493 e. The second kappa shape index (κ2) is 10.5. The molecule has 0 aliphatic rings. The first-order valence-electron chi connectivity index (χ1n) is 10.7. The van der Waals surface area contributed by atoms with Crippen LogP contribution in [0.4, 0.5) is 0 Å². The molecule has 0 saturated carbocycles. The molecule has 0 bridgehead atoms. The molecule has 1 aromatic heterocycles. The zero-order valence-electron chi connectivity index (χ0n) is 19.6. The van der Waals surface area contributed by atoms with E-state index in [2.05, 4.69) is 0 Å². The van der Waals surface area contributed by atoms with Crippen molar-refractivity contribution in [3.63, 3.8) is 0 Å². The molecule has 34 heavy (non-hydrogen) atoms. The molecule has 0 saturated heterocycles. The second-order valence-corrected chi connectivity index (χ2v) is 7.38. The van der Waals surface area contributed by atoms with Gasteiger partial charge in [0.1, 0.15) is 0 Å². The second-order valence-electron chi connectivity index (χ2n) is 7.38. The molecule has 0 amide bonds. The number of fused-ring (bicyclic) bond motifs is 1. The Morgan fingerprint density at radius 1 is 0.500 bits per heavy atom. The molecule has 0 spiro atoms. The zero-order valence-corrected chi connectivity index (χ0v) is 19.6. The summed E-state index contributed by atoms with van der Waals surface area (Å²) in [5.41, 5.74) is 5.09. The van der Waals surface area contributed by atoms with Gasteiger partial charge in [0.05, 0.1) is 50.9 Å². The number of aromatic nitrogens is 2. The monoisotopic (exact) mass is 454 g/mol. The third-order valence-corrected chi connectivity index (χ3v) is 5.31. The molecule has 4 aromatic rings. The lowest BCUT2D eigenvalue weighted by Crippen LogP contribution is -1.94. The molecule has 0 aliphatic heterocycles. The van der Waals surface area contributed by atoms with Gasteiger partial charge < -0.3 is 18.9 Å². The normalized spacial score (nSPS) is 11.3. The van der Waals surface area contributed by atoms with E-state index in [0.29, 0.717) is 23.0 Å². The highest BCUT2D eigenvalue weighted by molar-refractivity contribution is 5.83. The summed E-state index contributed by atoms with van der Waals surface area (Å²) in [7, 11) is 6.48. The summed E-state index contributed by atoms with van der Waals surface area (Å²) in [6.45, 7) is 0. The Balaban J connectivity index is 1.72. The van der Waals surface area contributed by atoms with E-state index in [1.165, 1.54) is 0 Å². The van der Waals surface area contributed by atoms with E-state index in [0.717, 1.165) is 33.5 Å². The van der Waals surface area contributed by atoms with Crippen LogP contribution in [0.5, 0.6) is 23.0 Å². The lowest BCUT2D eigenvalue weighted by atomic mass is 10.1. The van der Waals surface area contributed by atoms with Crippen LogP contribution >= 0.6 is 0 Å². The zero-order chi connectivity index (χ0) is 23.9. The third-order valence-electron chi connectivity index (χ3n) is 5.31. The van der Waals surface area contributed by atoms with Gasteiger partial charge in [-0.1, -0.05) is 36.4 Å². The molecule has 0 N–H and O–H groups in total. The first kappa shape index (κ1) is 22.9. The number of ether oxygens (including phenoxy) is 4. The van der Waals surface area contributed by atoms with Crippen molar-refractivity contribution in [2.24, 2.45) is 0 Å². The fourth-order valence-electron chi connectivity index (χ4n) is 3.54. The van der Waals surface area contributed by atoms with Gasteiger partial charge in [0, 0.05) is 0 Å². The Morgan fingerprint density at radius 3 is 1.29 bits per heavy atom. The first-order chi connectivity index (χ1) is 16.6. The van der Waals surface area contributed by atoms with E-state index in [9.17, 15) is 0 Å². The van der Waals surface area contributed by atoms with E-state index < -0.39 is 0 Å². The fourth-order valence-corrected chi connectivity index (χ4v) is 3.54. The summed E-state index contributed by atoms with van der Waals surface area (Å²) in [6, 6.07) is 19.3. The lowest BCUT2D eigenvalue weighted by Gasteiger charge is -2.08. The average Bonchev–Trinajstić information content (AvgIpc) is 2.89. The van der Waals surface area contributed by atoms with Gasteiger partial charge >= 0.3 is 0 Å². The summed E-state index contributed by atoms with van der Waals surface area (Å²) in [6.07, 6.45) is 7.87. The standard InChI is InChI=1S/C28H26N2O4/c1-31-25-15-11-19(17-27(25)33-3)9-13-23-24(30-22-8-6-5-7-21(22)29-23)14-10-20-12-16-26(32-2)28(18-20)34-4/h5-18H,1-4H3. The molecule has 4 rings (SSSR count). The molecule has 0 aliphatic carbocycles. The van der Waals surface area contributed by atoms with E-state index in [-0.39, 0.29) is 0 Å². The van der Waals surface area contributed by atoms with Crippen LogP contribution in [0.25, 0.3) is 35.3 Å². The van der Waals surface area contributed by atoms with Gasteiger partial charge in [0.25, 0.3) is 0 Å². The predicted octanol–water partition coefficient (Wildman–Crippen LogP) is 6.01. The summed E-state index contributed by atoms with van der Waals surface area (Å²) in [5, 5.41) is 0. The summed E-state index contributed by atoms with van der Waals surface area (Å²) >= 11 is 0. The summed E-state index contributed by atoms with van der Waals surface area (Å²) in [4.78, 5) is 9.68. The molecule has 3 aromatic carbocycles. The van der Waals surface area contributed by atoms with E-state index in [4.69, 9.17) is 28.9 Å². The number of rotatable bonds is 8. The first-order valence-corrected chi connectivity index (χ1v) is 10.7. The molecule has 0 atom stereocenters. The maximum Gasteiger partial charge on any atom is 0.161 e. The van der Waals surface area contributed by atoms with E-state index >= 15 is 0 Å². The van der Waals surface area contributed by atoms with Crippen LogP contribution in [0.2, 0.25) is 0 Å². The topological polar surface area (TPSA) is 62.7 Å². The fraction of sp³-hybridized carbons (Fsp3) is 0.143. The van der Waals surface area contributed by atoms with Crippen molar-refractivity contribution in [3.05, 3.63) is 83.2 Å². The van der Waals surface area contributed by atoms with Crippen molar-refractivity contribution in [2.75, 3.05) is 28.4 Å². The van der Waals surface area contributed by atoms with Crippen LogP contribution in [0, 0.1) is 0 Å². The molecule has 0 radical (unpaired) electrons. The molecule has 0 fully saturated rings. The van der Waals surface area contributed by atoms with Crippen LogP contribution in [-0.4, -0.2) is 38.4 Å². The molecule has 6 heteroatoms. The Morgan fingerprint density at radius 2 is 0.912 bits per heavy atom. The molecular formula is C28H26N2O4. The van der Waals surface area contributed by atoms with Crippen molar-refractivity contribution in [2.45, 2.75) is 0 Å². The average molecular weight is 455 g/mol. The predicted molar refractivity (Wildman–Crippen MR) is 136 cm³/mol. The quantitative estimate of drug-likeness (QED) is 0.325. The van der Waals surface area contributed by atoms with Crippen molar-refractivity contribution in [3.8, 4) is 23.0 Å². The highest BCUT2D eigenvalue weighted by atomic mass is 16.5. The number of benzene rings is 3. The molecule has 0 unspecified atom stereocenters. The smallest absolute Gasteiger partial charge is 0.161 e. The number of hydrogen-bond donors (Lipinski definition) is 0. The Hall–Kier alpha value is -4.32. The lowest BCUT2D eigenvalue weighted by molar-refractivity contribution is 0.355. The van der Waals surface area contributed by atoms with Gasteiger partial charge in [-0.3, -0.25) is 0 Å². The third kappa shape index (κ3) is 5.02. The molecule has 172 valence electrons. The Labute approximate surface area is 199 Å². The van der Waals surface area contributed by atoms with Gasteiger partial charge in [0.2, 0.25) is 0 Å². The van der Waals surface area contributed by atoms with Gasteiger partial charge in [0.15, 0.2) is 23.0 Å². The minimum absolute atomic E-state index is 0.669. The van der Waals surface area contributed by atoms with Crippen molar-refractivity contribution >= 4 is 35.3 Å². The summed E-state index contributed by atoms with van der Waals surface area (Å²) < 4.78 is 21.5. The van der Waals surface area contributed by atoms with E-state index in [1.807, 2.05) is 85.0 Å². The van der Waals surface area contributed by atoms with Crippen molar-refractivity contribution < 1.29 is 18.9 Å². The Kier molecular flexibility index (Phi) is 7.08. The number of hydrogen-bond acceptors (Lipinski definition) is 6. The Bertz CT molecular complexity index is 1260. The maximum atomic E-state index is 5.42. The molecule has 6 nitrogen and oxygen atoms in total. The van der Waals surface area contributed by atoms with Crippen molar-refractivity contribution in [1.29, 1.82) is 0 Å². The van der Waals surface area contributed by atoms with Crippen LogP contribution in [0.1, 0.15) is 22.5 Å². The SMILES string of the molecule is COc1ccc(C=Cc2nc3ccccc3nc2C=Cc2ccc(OC)c(OC)c2)cc1OC. The number of para-hydroxylation sites is 2. The van der Waals surface area contributed by atoms with Crippen molar-refractivity contribution in [1.82, 2.24) is 9.97 Å². The highest BCUT2D eigenvalue weighted by Crippen LogP contribution is 2.30. The van der Waals surface area contributed by atoms with Gasteiger partial charge in [-0.05, 0) is 59.7 Å². The maximum absolute atomic E-state index is 5.42. The van der Waals surface area contributed by atoms with Crippen LogP contribution in [-0.2, 0) is 0 Å². The van der Waals surface area contributed by atoms with E-state index in [1.54, 1.807) is 28.4 Å². The molecule has 1 heterocycles. The minimum Gasteiger partial charge on any atom is -0.493 e. The number of nitrogens with zero attached hydrogens (tertiary/aromatic N) is 2. The van der Waals surface area contributed by atoms with Crippen LogP contribution < -0.4 is 18.9 Å². The molecular weight excluding hydrogens is 428 g/mol. The van der Waals surface area contributed by atoms with Crippen LogP contribution in [0.15, 0.2) is 60.7 Å². The van der Waals surface area contributed by atoms with Gasteiger partial charge in [-0.2, -0.15) is 0 Å². The van der Waals surface area contributed by atoms with Gasteiger partial charge in [-0.25, -0.2) is 9.97 Å². The summed E-state index contributed by atoms with van der Waals surface area (Å²) in [5.74, 6) is 2.71. The van der Waals surface area contributed by atoms with Crippen LogP contribution in [0.3, 0.4) is 0 Å².